The van der Waals surface area contributed by atoms with Crippen LogP contribution in [-0.4, -0.2) is 22.7 Å². The first-order valence-electron chi connectivity index (χ1n) is 8.37. The maximum absolute atomic E-state index is 12.2. The molecule has 3 heterocycles. The number of pyridine rings is 1. The van der Waals surface area contributed by atoms with Crippen molar-refractivity contribution in [3.63, 3.8) is 0 Å². The van der Waals surface area contributed by atoms with Crippen LogP contribution in [0.4, 0.5) is 0 Å². The van der Waals surface area contributed by atoms with Gasteiger partial charge in [0.05, 0.1) is 18.3 Å². The predicted molar refractivity (Wildman–Crippen MR) is 98.8 cm³/mol. The fourth-order valence-corrected chi connectivity index (χ4v) is 3.26. The zero-order valence-electron chi connectivity index (χ0n) is 14.4. The van der Waals surface area contributed by atoms with Crippen LogP contribution in [0.15, 0.2) is 48.1 Å². The van der Waals surface area contributed by atoms with Crippen molar-refractivity contribution >= 4 is 17.2 Å². The van der Waals surface area contributed by atoms with Gasteiger partial charge in [0.2, 0.25) is 12.7 Å². The van der Waals surface area contributed by atoms with Crippen molar-refractivity contribution in [2.45, 2.75) is 19.6 Å². The van der Waals surface area contributed by atoms with Crippen LogP contribution in [0, 0.1) is 0 Å². The Morgan fingerprint density at radius 2 is 2.19 bits per heavy atom. The molecule has 138 valence electrons. The molecular weight excluding hydrogens is 366 g/mol. The monoisotopic (exact) mass is 383 g/mol. The van der Waals surface area contributed by atoms with E-state index in [-0.39, 0.29) is 19.1 Å². The summed E-state index contributed by atoms with van der Waals surface area (Å²) in [7, 11) is 0. The van der Waals surface area contributed by atoms with E-state index in [1.807, 2.05) is 35.7 Å². The van der Waals surface area contributed by atoms with Crippen LogP contribution >= 0.6 is 11.3 Å². The molecule has 1 amide bonds. The van der Waals surface area contributed by atoms with Gasteiger partial charge in [-0.1, -0.05) is 6.07 Å². The Bertz CT molecular complexity index is 930. The standard InChI is InChI=1S/C19H17N3O4S/c23-18(21-8-13-3-4-16-17(6-13)26-12-25-16)7-14-11-27-19(22-14)10-24-15-2-1-5-20-9-15/h1-6,9,11H,7-8,10,12H2,(H,21,23). The summed E-state index contributed by atoms with van der Waals surface area (Å²) in [5.74, 6) is 2.04. The van der Waals surface area contributed by atoms with Gasteiger partial charge in [0.15, 0.2) is 11.5 Å². The average molecular weight is 383 g/mol. The van der Waals surface area contributed by atoms with Gasteiger partial charge >= 0.3 is 0 Å². The van der Waals surface area contributed by atoms with E-state index in [0.29, 0.717) is 24.7 Å². The summed E-state index contributed by atoms with van der Waals surface area (Å²) in [6, 6.07) is 9.28. The fraction of sp³-hybridized carbons (Fsp3) is 0.211. The molecule has 4 rings (SSSR count). The second kappa shape index (κ2) is 8.05. The fourth-order valence-electron chi connectivity index (χ4n) is 2.55. The van der Waals surface area contributed by atoms with E-state index in [4.69, 9.17) is 14.2 Å². The number of aromatic nitrogens is 2. The van der Waals surface area contributed by atoms with E-state index in [1.165, 1.54) is 11.3 Å². The van der Waals surface area contributed by atoms with Crippen molar-refractivity contribution in [1.29, 1.82) is 0 Å². The number of carbonyl (C=O) groups is 1. The Morgan fingerprint density at radius 3 is 3.07 bits per heavy atom. The molecule has 1 aliphatic heterocycles. The zero-order chi connectivity index (χ0) is 18.5. The van der Waals surface area contributed by atoms with Crippen LogP contribution in [0.25, 0.3) is 0 Å². The molecule has 0 saturated heterocycles. The topological polar surface area (TPSA) is 82.6 Å². The van der Waals surface area contributed by atoms with Crippen LogP contribution in [0.3, 0.4) is 0 Å². The molecule has 0 fully saturated rings. The number of hydrogen-bond donors (Lipinski definition) is 1. The minimum absolute atomic E-state index is 0.0855. The number of thiazole rings is 1. The second-order valence-corrected chi connectivity index (χ2v) is 6.79. The molecule has 8 heteroatoms. The number of hydrogen-bond acceptors (Lipinski definition) is 7. The lowest BCUT2D eigenvalue weighted by Gasteiger charge is -2.05. The van der Waals surface area contributed by atoms with Gasteiger partial charge < -0.3 is 19.5 Å². The number of fused-ring (bicyclic) bond motifs is 1. The van der Waals surface area contributed by atoms with E-state index in [0.717, 1.165) is 22.0 Å². The summed E-state index contributed by atoms with van der Waals surface area (Å²) in [4.78, 5) is 20.6. The summed E-state index contributed by atoms with van der Waals surface area (Å²) in [6.07, 6.45) is 3.57. The Balaban J connectivity index is 1.25. The minimum atomic E-state index is -0.0855. The average Bonchev–Trinajstić information content (AvgIpc) is 3.34. The third kappa shape index (κ3) is 4.53. The molecule has 1 aliphatic rings. The lowest BCUT2D eigenvalue weighted by molar-refractivity contribution is -0.120. The molecule has 27 heavy (non-hydrogen) atoms. The molecule has 0 radical (unpaired) electrons. The molecule has 7 nitrogen and oxygen atoms in total. The highest BCUT2D eigenvalue weighted by Crippen LogP contribution is 2.32. The van der Waals surface area contributed by atoms with E-state index < -0.39 is 0 Å². The molecule has 1 aromatic carbocycles. The second-order valence-electron chi connectivity index (χ2n) is 5.85. The summed E-state index contributed by atoms with van der Waals surface area (Å²) >= 11 is 1.47. The maximum atomic E-state index is 12.2. The van der Waals surface area contributed by atoms with Crippen molar-refractivity contribution in [2.75, 3.05) is 6.79 Å². The van der Waals surface area contributed by atoms with Crippen molar-refractivity contribution in [2.24, 2.45) is 0 Å². The van der Waals surface area contributed by atoms with Gasteiger partial charge in [-0.15, -0.1) is 11.3 Å². The van der Waals surface area contributed by atoms with Gasteiger partial charge in [-0.05, 0) is 29.8 Å². The summed E-state index contributed by atoms with van der Waals surface area (Å²) in [5.41, 5.74) is 1.68. The van der Waals surface area contributed by atoms with Gasteiger partial charge in [0.1, 0.15) is 17.4 Å². The van der Waals surface area contributed by atoms with Crippen LogP contribution in [-0.2, 0) is 24.4 Å². The normalized spacial score (nSPS) is 12.0. The first-order chi connectivity index (χ1) is 13.3. The molecule has 0 bridgehead atoms. The molecule has 1 N–H and O–H groups in total. The lowest BCUT2D eigenvalue weighted by Crippen LogP contribution is -2.24. The maximum Gasteiger partial charge on any atom is 0.231 e. The minimum Gasteiger partial charge on any atom is -0.485 e. The van der Waals surface area contributed by atoms with Gasteiger partial charge in [-0.2, -0.15) is 0 Å². The van der Waals surface area contributed by atoms with Gasteiger partial charge in [0.25, 0.3) is 0 Å². The Kier molecular flexibility index (Phi) is 5.15. The first-order valence-corrected chi connectivity index (χ1v) is 9.25. The van der Waals surface area contributed by atoms with Crippen LogP contribution in [0.1, 0.15) is 16.3 Å². The van der Waals surface area contributed by atoms with Crippen LogP contribution in [0.5, 0.6) is 17.2 Å². The summed E-state index contributed by atoms with van der Waals surface area (Å²) in [5, 5.41) is 5.59. The zero-order valence-corrected chi connectivity index (χ0v) is 15.2. The smallest absolute Gasteiger partial charge is 0.231 e. The number of amides is 1. The van der Waals surface area contributed by atoms with Crippen molar-refractivity contribution in [1.82, 2.24) is 15.3 Å². The Hall–Kier alpha value is -3.13. The van der Waals surface area contributed by atoms with E-state index in [1.54, 1.807) is 12.4 Å². The third-order valence-electron chi connectivity index (χ3n) is 3.86. The van der Waals surface area contributed by atoms with Gasteiger partial charge in [-0.25, -0.2) is 4.98 Å². The number of nitrogens with one attached hydrogen (secondary N) is 1. The lowest BCUT2D eigenvalue weighted by atomic mass is 10.2. The number of rotatable bonds is 7. The van der Waals surface area contributed by atoms with E-state index in [9.17, 15) is 4.79 Å². The largest absolute Gasteiger partial charge is 0.485 e. The molecule has 0 aliphatic carbocycles. The number of ether oxygens (including phenoxy) is 3. The Morgan fingerprint density at radius 1 is 1.26 bits per heavy atom. The highest BCUT2D eigenvalue weighted by molar-refractivity contribution is 7.09. The molecule has 0 saturated carbocycles. The van der Waals surface area contributed by atoms with Crippen molar-refractivity contribution in [3.05, 3.63) is 64.4 Å². The van der Waals surface area contributed by atoms with Gasteiger partial charge in [0, 0.05) is 18.1 Å². The van der Waals surface area contributed by atoms with Crippen LogP contribution in [0.2, 0.25) is 0 Å². The first kappa shape index (κ1) is 17.3. The highest BCUT2D eigenvalue weighted by Gasteiger charge is 2.14. The molecule has 3 aromatic rings. The molecule has 0 atom stereocenters. The quantitative estimate of drug-likeness (QED) is 0.676. The van der Waals surface area contributed by atoms with E-state index in [2.05, 4.69) is 15.3 Å². The van der Waals surface area contributed by atoms with Crippen LogP contribution < -0.4 is 19.5 Å². The van der Waals surface area contributed by atoms with Crippen molar-refractivity contribution < 1.29 is 19.0 Å². The van der Waals surface area contributed by atoms with Gasteiger partial charge in [-0.3, -0.25) is 9.78 Å². The highest BCUT2D eigenvalue weighted by atomic mass is 32.1. The third-order valence-corrected chi connectivity index (χ3v) is 4.74. The van der Waals surface area contributed by atoms with E-state index >= 15 is 0 Å². The molecule has 0 spiro atoms. The summed E-state index contributed by atoms with van der Waals surface area (Å²) < 4.78 is 16.2. The number of benzene rings is 1. The number of carbonyl (C=O) groups excluding carboxylic acids is 1. The van der Waals surface area contributed by atoms with Crippen molar-refractivity contribution in [3.8, 4) is 17.2 Å². The SMILES string of the molecule is O=C(Cc1csc(COc2cccnc2)n1)NCc1ccc2c(c1)OCO2. The molecule has 2 aromatic heterocycles. The number of nitrogens with zero attached hydrogens (tertiary/aromatic N) is 2. The summed E-state index contributed by atoms with van der Waals surface area (Å²) in [6.45, 7) is 1.02. The molecular formula is C19H17N3O4S. The molecule has 0 unspecified atom stereocenters. The predicted octanol–water partition coefficient (Wildman–Crippen LogP) is 2.70. The Labute approximate surface area is 159 Å².